The number of rotatable bonds is 5. The SMILES string of the molecule is O=C(NCCc1ccncc1)c1cc(-c2ccc3[nH]ncc3c2)on1. The molecular weight excluding hydrogens is 318 g/mol. The molecule has 0 saturated carbocycles. The van der Waals surface area contributed by atoms with E-state index in [-0.39, 0.29) is 11.6 Å². The van der Waals surface area contributed by atoms with Crippen LogP contribution in [0.1, 0.15) is 16.1 Å². The number of fused-ring (bicyclic) bond motifs is 1. The summed E-state index contributed by atoms with van der Waals surface area (Å²) >= 11 is 0. The molecule has 0 fully saturated rings. The third-order valence-corrected chi connectivity index (χ3v) is 3.92. The zero-order valence-corrected chi connectivity index (χ0v) is 13.3. The molecule has 7 nitrogen and oxygen atoms in total. The van der Waals surface area contributed by atoms with Crippen LogP contribution in [0.2, 0.25) is 0 Å². The number of aromatic amines is 1. The highest BCUT2D eigenvalue weighted by Gasteiger charge is 2.13. The second-order valence-corrected chi connectivity index (χ2v) is 5.61. The van der Waals surface area contributed by atoms with E-state index in [0.717, 1.165) is 28.5 Å². The molecule has 2 N–H and O–H groups in total. The van der Waals surface area contributed by atoms with Gasteiger partial charge in [-0.1, -0.05) is 5.16 Å². The number of benzene rings is 1. The van der Waals surface area contributed by atoms with Crippen LogP contribution in [-0.4, -0.2) is 32.8 Å². The fourth-order valence-electron chi connectivity index (χ4n) is 2.57. The number of H-pyrrole nitrogens is 1. The van der Waals surface area contributed by atoms with Gasteiger partial charge in [-0.15, -0.1) is 0 Å². The average Bonchev–Trinajstić information content (AvgIpc) is 3.31. The van der Waals surface area contributed by atoms with Gasteiger partial charge in [0.05, 0.1) is 11.7 Å². The van der Waals surface area contributed by atoms with Gasteiger partial charge < -0.3 is 9.84 Å². The first-order valence-electron chi connectivity index (χ1n) is 7.87. The van der Waals surface area contributed by atoms with Crippen LogP contribution in [0.25, 0.3) is 22.2 Å². The first kappa shape index (κ1) is 15.1. The lowest BCUT2D eigenvalue weighted by atomic mass is 10.1. The van der Waals surface area contributed by atoms with E-state index < -0.39 is 0 Å². The molecule has 0 radical (unpaired) electrons. The molecule has 0 aliphatic carbocycles. The largest absolute Gasteiger partial charge is 0.355 e. The zero-order chi connectivity index (χ0) is 17.1. The highest BCUT2D eigenvalue weighted by atomic mass is 16.5. The molecule has 1 aromatic carbocycles. The minimum Gasteiger partial charge on any atom is -0.355 e. The van der Waals surface area contributed by atoms with Crippen LogP contribution in [-0.2, 0) is 6.42 Å². The fraction of sp³-hybridized carbons (Fsp3) is 0.111. The Morgan fingerprint density at radius 1 is 1.16 bits per heavy atom. The van der Waals surface area contributed by atoms with Crippen LogP contribution < -0.4 is 5.32 Å². The molecule has 124 valence electrons. The van der Waals surface area contributed by atoms with E-state index in [1.807, 2.05) is 30.3 Å². The molecule has 4 rings (SSSR count). The molecule has 0 bridgehead atoms. The number of hydrogen-bond acceptors (Lipinski definition) is 5. The third-order valence-electron chi connectivity index (χ3n) is 3.92. The molecule has 25 heavy (non-hydrogen) atoms. The molecule has 1 amide bonds. The van der Waals surface area contributed by atoms with Gasteiger partial charge in [0, 0.05) is 36.0 Å². The average molecular weight is 333 g/mol. The lowest BCUT2D eigenvalue weighted by molar-refractivity contribution is 0.0945. The Kier molecular flexibility index (Phi) is 3.96. The maximum Gasteiger partial charge on any atom is 0.273 e. The number of amides is 1. The molecule has 4 aromatic rings. The molecule has 3 heterocycles. The Hall–Kier alpha value is -3.48. The highest BCUT2D eigenvalue weighted by molar-refractivity contribution is 5.93. The molecule has 0 saturated heterocycles. The van der Waals surface area contributed by atoms with Crippen molar-refractivity contribution in [2.75, 3.05) is 6.54 Å². The molecular formula is C18H15N5O2. The Labute approximate surface area is 143 Å². The summed E-state index contributed by atoms with van der Waals surface area (Å²) in [4.78, 5) is 16.2. The summed E-state index contributed by atoms with van der Waals surface area (Å²) in [6.45, 7) is 0.520. The van der Waals surface area contributed by atoms with Gasteiger partial charge >= 0.3 is 0 Å². The number of nitrogens with zero attached hydrogens (tertiary/aromatic N) is 3. The van der Waals surface area contributed by atoms with Crippen molar-refractivity contribution in [1.29, 1.82) is 0 Å². The first-order chi connectivity index (χ1) is 12.3. The van der Waals surface area contributed by atoms with Gasteiger partial charge in [-0.2, -0.15) is 5.10 Å². The highest BCUT2D eigenvalue weighted by Crippen LogP contribution is 2.24. The molecule has 7 heteroatoms. The molecule has 0 aliphatic heterocycles. The van der Waals surface area contributed by atoms with E-state index in [1.165, 1.54) is 0 Å². The number of aromatic nitrogens is 4. The Morgan fingerprint density at radius 2 is 2.04 bits per heavy atom. The van der Waals surface area contributed by atoms with Gasteiger partial charge in [0.1, 0.15) is 0 Å². The van der Waals surface area contributed by atoms with Crippen molar-refractivity contribution < 1.29 is 9.32 Å². The number of pyridine rings is 1. The van der Waals surface area contributed by atoms with Gasteiger partial charge in [0.15, 0.2) is 11.5 Å². The van der Waals surface area contributed by atoms with E-state index in [1.54, 1.807) is 24.7 Å². The molecule has 0 aliphatic rings. The normalized spacial score (nSPS) is 10.9. The van der Waals surface area contributed by atoms with E-state index in [2.05, 4.69) is 25.7 Å². The van der Waals surface area contributed by atoms with Crippen LogP contribution in [0.3, 0.4) is 0 Å². The number of nitrogens with one attached hydrogen (secondary N) is 2. The van der Waals surface area contributed by atoms with Gasteiger partial charge in [0.2, 0.25) is 0 Å². The van der Waals surface area contributed by atoms with Crippen molar-refractivity contribution in [3.63, 3.8) is 0 Å². The van der Waals surface area contributed by atoms with Crippen molar-refractivity contribution in [2.45, 2.75) is 6.42 Å². The standard InChI is InChI=1S/C18H15N5O2/c24-18(20-8-5-12-3-6-19-7-4-12)16-10-17(25-23-16)13-1-2-15-14(9-13)11-21-22-15/h1-4,6-7,9-11H,5,8H2,(H,20,24)(H,21,22). The van der Waals surface area contributed by atoms with Crippen molar-refractivity contribution in [2.24, 2.45) is 0 Å². The summed E-state index contributed by atoms with van der Waals surface area (Å²) in [6, 6.07) is 11.2. The maximum absolute atomic E-state index is 12.2. The van der Waals surface area contributed by atoms with Crippen LogP contribution in [0, 0.1) is 0 Å². The zero-order valence-electron chi connectivity index (χ0n) is 13.3. The molecule has 0 unspecified atom stereocenters. The quantitative estimate of drug-likeness (QED) is 0.585. The van der Waals surface area contributed by atoms with Crippen molar-refractivity contribution >= 4 is 16.8 Å². The monoisotopic (exact) mass is 333 g/mol. The van der Waals surface area contributed by atoms with E-state index in [9.17, 15) is 4.79 Å². The van der Waals surface area contributed by atoms with Crippen LogP contribution in [0.4, 0.5) is 0 Å². The number of carbonyl (C=O) groups is 1. The third kappa shape index (κ3) is 3.25. The number of hydrogen-bond donors (Lipinski definition) is 2. The maximum atomic E-state index is 12.2. The molecule has 3 aromatic heterocycles. The topological polar surface area (TPSA) is 96.7 Å². The summed E-state index contributed by atoms with van der Waals surface area (Å²) < 4.78 is 5.31. The van der Waals surface area contributed by atoms with E-state index in [4.69, 9.17) is 4.52 Å². The predicted molar refractivity (Wildman–Crippen MR) is 91.9 cm³/mol. The van der Waals surface area contributed by atoms with E-state index in [0.29, 0.717) is 12.3 Å². The summed E-state index contributed by atoms with van der Waals surface area (Å²) in [7, 11) is 0. The molecule has 0 spiro atoms. The summed E-state index contributed by atoms with van der Waals surface area (Å²) in [6.07, 6.45) is 5.94. The summed E-state index contributed by atoms with van der Waals surface area (Å²) in [5, 5.41) is 14.6. The first-order valence-corrected chi connectivity index (χ1v) is 7.87. The van der Waals surface area contributed by atoms with Gasteiger partial charge in [-0.3, -0.25) is 14.9 Å². The smallest absolute Gasteiger partial charge is 0.273 e. The van der Waals surface area contributed by atoms with Crippen molar-refractivity contribution in [3.8, 4) is 11.3 Å². The summed E-state index contributed by atoms with van der Waals surface area (Å²) in [5.41, 5.74) is 3.16. The second kappa shape index (κ2) is 6.56. The fourth-order valence-corrected chi connectivity index (χ4v) is 2.57. The minimum atomic E-state index is -0.256. The van der Waals surface area contributed by atoms with Crippen LogP contribution in [0.15, 0.2) is 59.5 Å². The number of carbonyl (C=O) groups excluding carboxylic acids is 1. The Bertz CT molecular complexity index is 1010. The lowest BCUT2D eigenvalue weighted by Crippen LogP contribution is -2.25. The predicted octanol–water partition coefficient (Wildman–Crippen LogP) is 2.59. The second-order valence-electron chi connectivity index (χ2n) is 5.61. The van der Waals surface area contributed by atoms with Crippen LogP contribution >= 0.6 is 0 Å². The van der Waals surface area contributed by atoms with E-state index >= 15 is 0 Å². The van der Waals surface area contributed by atoms with Crippen molar-refractivity contribution in [1.82, 2.24) is 25.7 Å². The lowest BCUT2D eigenvalue weighted by Gasteiger charge is -2.02. The van der Waals surface area contributed by atoms with Gasteiger partial charge in [-0.05, 0) is 42.3 Å². The molecule has 0 atom stereocenters. The Balaban J connectivity index is 1.42. The minimum absolute atomic E-state index is 0.256. The van der Waals surface area contributed by atoms with Crippen molar-refractivity contribution in [3.05, 3.63) is 66.2 Å². The summed E-state index contributed by atoms with van der Waals surface area (Å²) in [5.74, 6) is 0.288. The Morgan fingerprint density at radius 3 is 2.92 bits per heavy atom. The van der Waals surface area contributed by atoms with Gasteiger partial charge in [-0.25, -0.2) is 0 Å². The van der Waals surface area contributed by atoms with Gasteiger partial charge in [0.25, 0.3) is 5.91 Å². The van der Waals surface area contributed by atoms with Crippen LogP contribution in [0.5, 0.6) is 0 Å².